The van der Waals surface area contributed by atoms with Crippen molar-refractivity contribution in [1.29, 1.82) is 0 Å². The molecule has 35 heavy (non-hydrogen) atoms. The van der Waals surface area contributed by atoms with Gasteiger partial charge in [-0.3, -0.25) is 14.9 Å². The quantitative estimate of drug-likeness (QED) is 0.286. The van der Waals surface area contributed by atoms with Gasteiger partial charge in [-0.25, -0.2) is 14.5 Å². The molecule has 0 unspecified atom stereocenters. The summed E-state index contributed by atoms with van der Waals surface area (Å²) in [5.74, 6) is -2.34. The maximum absolute atomic E-state index is 13.2. The first-order chi connectivity index (χ1) is 16.8. The van der Waals surface area contributed by atoms with Crippen LogP contribution in [0, 0.1) is 0 Å². The molecule has 1 aliphatic rings. The summed E-state index contributed by atoms with van der Waals surface area (Å²) in [6, 6.07) is 5.81. The van der Waals surface area contributed by atoms with Crippen LogP contribution in [0.3, 0.4) is 0 Å². The number of hydrogen-bond donors (Lipinski definition) is 2. The van der Waals surface area contributed by atoms with Crippen LogP contribution >= 0.6 is 0 Å². The maximum Gasteiger partial charge on any atom is 0.328 e. The second kappa shape index (κ2) is 14.5. The number of carboxylic acid groups (broad SMARTS) is 1. The standard InChI is InChI=1S/C26H39N3O6/c1-4-6-7-8-9-13-16-21(25(33)35-18-19-14-11-10-12-15-19)27-20(5-2)23(30)29-22(24(31)32)17-28(3)26(29)34/h10-12,14-15,20-22,27H,4-9,13,16-18H2,1-3H3,(H,31,32)/t20-,21-,22-/m0/s1. The first-order valence-electron chi connectivity index (χ1n) is 12.6. The molecule has 1 aromatic carbocycles. The summed E-state index contributed by atoms with van der Waals surface area (Å²) in [4.78, 5) is 52.4. The highest BCUT2D eigenvalue weighted by atomic mass is 16.5. The predicted octanol–water partition coefficient (Wildman–Crippen LogP) is 3.56. The van der Waals surface area contributed by atoms with E-state index in [1.807, 2.05) is 30.3 Å². The van der Waals surface area contributed by atoms with E-state index in [0.717, 1.165) is 42.6 Å². The zero-order chi connectivity index (χ0) is 25.8. The molecule has 3 atom stereocenters. The van der Waals surface area contributed by atoms with Crippen molar-refractivity contribution in [3.8, 4) is 0 Å². The zero-order valence-electron chi connectivity index (χ0n) is 21.1. The number of ether oxygens (including phenoxy) is 1. The Hall–Kier alpha value is -2.94. The molecule has 2 N–H and O–H groups in total. The van der Waals surface area contributed by atoms with Crippen molar-refractivity contribution in [2.75, 3.05) is 13.6 Å². The summed E-state index contributed by atoms with van der Waals surface area (Å²) < 4.78 is 5.54. The Morgan fingerprint density at radius 2 is 1.71 bits per heavy atom. The van der Waals surface area contributed by atoms with Gasteiger partial charge in [0, 0.05) is 7.05 Å². The molecule has 0 aliphatic carbocycles. The molecule has 1 aromatic rings. The summed E-state index contributed by atoms with van der Waals surface area (Å²) in [6.45, 7) is 3.96. The lowest BCUT2D eigenvalue weighted by Crippen LogP contribution is -2.55. The first-order valence-corrected chi connectivity index (χ1v) is 12.6. The molecule has 0 bridgehead atoms. The fourth-order valence-corrected chi connectivity index (χ4v) is 4.17. The van der Waals surface area contributed by atoms with Crippen LogP contribution in [0.4, 0.5) is 4.79 Å². The fourth-order valence-electron chi connectivity index (χ4n) is 4.17. The van der Waals surface area contributed by atoms with Gasteiger partial charge in [0.05, 0.1) is 12.6 Å². The number of rotatable bonds is 15. The van der Waals surface area contributed by atoms with E-state index in [-0.39, 0.29) is 19.6 Å². The number of carboxylic acids is 1. The highest BCUT2D eigenvalue weighted by molar-refractivity contribution is 6.02. The van der Waals surface area contributed by atoms with E-state index in [1.165, 1.54) is 18.4 Å². The number of likely N-dealkylation sites (N-methyl/N-ethyl adjacent to an activating group) is 1. The second-order valence-electron chi connectivity index (χ2n) is 9.06. The Kier molecular flexibility index (Phi) is 11.7. The van der Waals surface area contributed by atoms with Crippen molar-refractivity contribution in [3.05, 3.63) is 35.9 Å². The first kappa shape index (κ1) is 28.3. The van der Waals surface area contributed by atoms with Gasteiger partial charge in [-0.1, -0.05) is 82.7 Å². The smallest absolute Gasteiger partial charge is 0.328 e. The molecule has 2 rings (SSSR count). The van der Waals surface area contributed by atoms with Gasteiger partial charge in [-0.05, 0) is 18.4 Å². The zero-order valence-corrected chi connectivity index (χ0v) is 21.1. The van der Waals surface area contributed by atoms with E-state index in [1.54, 1.807) is 6.92 Å². The minimum atomic E-state index is -1.25. The van der Waals surface area contributed by atoms with E-state index >= 15 is 0 Å². The summed E-state index contributed by atoms with van der Waals surface area (Å²) in [7, 11) is 1.46. The van der Waals surface area contributed by atoms with Gasteiger partial charge in [0.2, 0.25) is 5.91 Å². The number of nitrogens with one attached hydrogen (secondary N) is 1. The van der Waals surface area contributed by atoms with Crippen LogP contribution in [-0.2, 0) is 25.7 Å². The van der Waals surface area contributed by atoms with Crippen molar-refractivity contribution < 1.29 is 29.0 Å². The lowest BCUT2D eigenvalue weighted by Gasteiger charge is -2.27. The molecule has 3 amide bonds. The third-order valence-corrected chi connectivity index (χ3v) is 6.28. The molecule has 0 radical (unpaired) electrons. The van der Waals surface area contributed by atoms with Gasteiger partial charge < -0.3 is 14.7 Å². The van der Waals surface area contributed by atoms with E-state index in [0.29, 0.717) is 6.42 Å². The number of urea groups is 1. The summed E-state index contributed by atoms with van der Waals surface area (Å²) in [5.41, 5.74) is 0.859. The SMILES string of the molecule is CCCCCCCC[C@H](N[C@@H](CC)C(=O)N1C(=O)N(C)C[C@H]1C(=O)O)C(=O)OCc1ccccc1. The van der Waals surface area contributed by atoms with Gasteiger partial charge in [-0.2, -0.15) is 0 Å². The number of nitrogens with zero attached hydrogens (tertiary/aromatic N) is 2. The molecule has 0 saturated carbocycles. The van der Waals surface area contributed by atoms with Crippen LogP contribution in [0.1, 0.15) is 70.8 Å². The van der Waals surface area contributed by atoms with Crippen molar-refractivity contribution >= 4 is 23.9 Å². The molecule has 0 spiro atoms. The number of esters is 1. The van der Waals surface area contributed by atoms with Gasteiger partial charge in [0.15, 0.2) is 6.04 Å². The molecule has 194 valence electrons. The predicted molar refractivity (Wildman–Crippen MR) is 132 cm³/mol. The third kappa shape index (κ3) is 8.35. The Morgan fingerprint density at radius 3 is 2.34 bits per heavy atom. The van der Waals surface area contributed by atoms with Gasteiger partial charge >= 0.3 is 18.0 Å². The molecular formula is C26H39N3O6. The van der Waals surface area contributed by atoms with Crippen molar-refractivity contribution in [3.63, 3.8) is 0 Å². The molecule has 0 aromatic heterocycles. The Morgan fingerprint density at radius 1 is 1.06 bits per heavy atom. The molecule has 1 aliphatic heterocycles. The minimum Gasteiger partial charge on any atom is -0.480 e. The second-order valence-corrected chi connectivity index (χ2v) is 9.06. The molecular weight excluding hydrogens is 450 g/mol. The summed E-state index contributed by atoms with van der Waals surface area (Å²) >= 11 is 0. The van der Waals surface area contributed by atoms with Crippen molar-refractivity contribution in [1.82, 2.24) is 15.1 Å². The monoisotopic (exact) mass is 489 g/mol. The Balaban J connectivity index is 2.08. The molecule has 1 saturated heterocycles. The average molecular weight is 490 g/mol. The van der Waals surface area contributed by atoms with Crippen LogP contribution in [0.2, 0.25) is 0 Å². The Labute approximate surface area is 207 Å². The van der Waals surface area contributed by atoms with Crippen LogP contribution in [0.25, 0.3) is 0 Å². The number of amides is 3. The molecule has 1 heterocycles. The number of carbonyl (C=O) groups excluding carboxylic acids is 3. The number of benzene rings is 1. The molecule has 9 heteroatoms. The fraction of sp³-hybridized carbons (Fsp3) is 0.615. The number of imide groups is 1. The third-order valence-electron chi connectivity index (χ3n) is 6.28. The van der Waals surface area contributed by atoms with Crippen LogP contribution < -0.4 is 5.32 Å². The van der Waals surface area contributed by atoms with Crippen molar-refractivity contribution in [2.24, 2.45) is 0 Å². The van der Waals surface area contributed by atoms with E-state index in [4.69, 9.17) is 4.74 Å². The summed E-state index contributed by atoms with van der Waals surface area (Å²) in [6.07, 6.45) is 7.07. The van der Waals surface area contributed by atoms with Crippen LogP contribution in [0.5, 0.6) is 0 Å². The van der Waals surface area contributed by atoms with E-state index in [9.17, 15) is 24.3 Å². The lowest BCUT2D eigenvalue weighted by atomic mass is 10.0. The van der Waals surface area contributed by atoms with Gasteiger partial charge in [0.25, 0.3) is 0 Å². The summed E-state index contributed by atoms with van der Waals surface area (Å²) in [5, 5.41) is 12.6. The minimum absolute atomic E-state index is 0.0728. The van der Waals surface area contributed by atoms with E-state index in [2.05, 4.69) is 12.2 Å². The number of unbranched alkanes of at least 4 members (excludes halogenated alkanes) is 5. The number of carbonyl (C=O) groups is 4. The maximum atomic E-state index is 13.2. The van der Waals surface area contributed by atoms with Crippen LogP contribution in [-0.4, -0.2) is 70.5 Å². The Bertz CT molecular complexity index is 847. The van der Waals surface area contributed by atoms with Gasteiger partial charge in [-0.15, -0.1) is 0 Å². The molecule has 1 fully saturated rings. The normalized spacial score (nSPS) is 17.3. The number of hydrogen-bond acceptors (Lipinski definition) is 6. The largest absolute Gasteiger partial charge is 0.480 e. The van der Waals surface area contributed by atoms with Crippen LogP contribution in [0.15, 0.2) is 30.3 Å². The van der Waals surface area contributed by atoms with Crippen molar-refractivity contribution in [2.45, 2.75) is 89.9 Å². The van der Waals surface area contributed by atoms with Gasteiger partial charge in [0.1, 0.15) is 12.6 Å². The number of aliphatic carboxylic acids is 1. The highest BCUT2D eigenvalue weighted by Gasteiger charge is 2.45. The topological polar surface area (TPSA) is 116 Å². The molecule has 9 nitrogen and oxygen atoms in total. The van der Waals surface area contributed by atoms with E-state index < -0.39 is 42.0 Å². The average Bonchev–Trinajstić information content (AvgIpc) is 3.16. The lowest BCUT2D eigenvalue weighted by molar-refractivity contribution is -0.150. The highest BCUT2D eigenvalue weighted by Crippen LogP contribution is 2.18.